The molecule has 4 bridgehead atoms. The zero-order chi connectivity index (χ0) is 33.8. The summed E-state index contributed by atoms with van der Waals surface area (Å²) < 4.78 is 0. The fraction of sp³-hybridized carbons (Fsp3) is 0.489. The summed E-state index contributed by atoms with van der Waals surface area (Å²) in [6.07, 6.45) is 11.0. The van der Waals surface area contributed by atoms with Gasteiger partial charge in [0.05, 0.1) is 0 Å². The molecule has 4 aromatic rings. The minimum Gasteiger partial charge on any atom is -0.311 e. The van der Waals surface area contributed by atoms with E-state index in [9.17, 15) is 0 Å². The van der Waals surface area contributed by atoms with E-state index in [0.717, 1.165) is 17.8 Å². The third kappa shape index (κ3) is 4.25. The van der Waals surface area contributed by atoms with E-state index in [1.54, 1.807) is 22.2 Å². The maximum Gasteiger partial charge on any atom is 0.247 e. The van der Waals surface area contributed by atoms with Crippen molar-refractivity contribution in [2.45, 2.75) is 128 Å². The molecule has 0 amide bonds. The molecule has 0 N–H and O–H groups in total. The lowest BCUT2D eigenvalue weighted by molar-refractivity contribution is -0.00496. The van der Waals surface area contributed by atoms with Gasteiger partial charge in [0.15, 0.2) is 0 Å². The molecule has 4 fully saturated rings. The van der Waals surface area contributed by atoms with Crippen LogP contribution in [-0.4, -0.2) is 6.71 Å². The topological polar surface area (TPSA) is 3.24 Å². The predicted octanol–water partition coefficient (Wildman–Crippen LogP) is 9.79. The van der Waals surface area contributed by atoms with Gasteiger partial charge in [-0.3, -0.25) is 0 Å². The summed E-state index contributed by atoms with van der Waals surface area (Å²) in [5.74, 6) is 2.73. The van der Waals surface area contributed by atoms with Crippen LogP contribution in [0, 0.1) is 17.8 Å². The van der Waals surface area contributed by atoms with Gasteiger partial charge in [0, 0.05) is 22.5 Å². The number of aryl methyl sites for hydroxylation is 2. The average molecular weight is 644 g/mol. The van der Waals surface area contributed by atoms with Gasteiger partial charge in [-0.2, -0.15) is 0 Å². The highest BCUT2D eigenvalue weighted by Crippen LogP contribution is 2.63. The third-order valence-corrected chi connectivity index (χ3v) is 14.5. The van der Waals surface area contributed by atoms with Crippen LogP contribution in [0.2, 0.25) is 0 Å². The van der Waals surface area contributed by atoms with Crippen molar-refractivity contribution in [3.63, 3.8) is 0 Å². The molecule has 11 rings (SSSR count). The van der Waals surface area contributed by atoms with Crippen molar-refractivity contribution in [3.8, 4) is 0 Å². The molecule has 0 aromatic heterocycles. The molecule has 5 aliphatic carbocycles. The molecule has 0 atom stereocenters. The Morgan fingerprint density at radius 3 is 1.84 bits per heavy atom. The van der Waals surface area contributed by atoms with E-state index in [2.05, 4.69) is 127 Å². The zero-order valence-corrected chi connectivity index (χ0v) is 31.3. The molecular formula is C47H54BN. The molecule has 0 unspecified atom stereocenters. The van der Waals surface area contributed by atoms with Crippen molar-refractivity contribution in [1.29, 1.82) is 0 Å². The lowest BCUT2D eigenvalue weighted by Crippen LogP contribution is -2.64. The van der Waals surface area contributed by atoms with Gasteiger partial charge in [0.2, 0.25) is 6.71 Å². The van der Waals surface area contributed by atoms with Crippen LogP contribution in [-0.2, 0) is 34.5 Å². The number of hydrogen-bond donors (Lipinski definition) is 0. The first kappa shape index (κ1) is 30.6. The van der Waals surface area contributed by atoms with E-state index >= 15 is 0 Å². The van der Waals surface area contributed by atoms with E-state index in [1.807, 2.05) is 0 Å². The minimum absolute atomic E-state index is 0.0740. The van der Waals surface area contributed by atoms with Crippen LogP contribution in [0.15, 0.2) is 66.7 Å². The maximum atomic E-state index is 2.79. The van der Waals surface area contributed by atoms with E-state index in [0.29, 0.717) is 5.41 Å². The fourth-order valence-electron chi connectivity index (χ4n) is 12.2. The van der Waals surface area contributed by atoms with E-state index in [1.165, 1.54) is 102 Å². The highest BCUT2D eigenvalue weighted by atomic mass is 15.2. The molecule has 2 aliphatic heterocycles. The molecule has 7 aliphatic rings. The molecule has 0 spiro atoms. The van der Waals surface area contributed by atoms with Crippen LogP contribution in [0.25, 0.3) is 0 Å². The Balaban J connectivity index is 1.26. The van der Waals surface area contributed by atoms with Crippen LogP contribution in [0.5, 0.6) is 0 Å². The Labute approximate surface area is 296 Å². The molecule has 250 valence electrons. The van der Waals surface area contributed by atoms with Crippen molar-refractivity contribution in [2.24, 2.45) is 17.8 Å². The number of nitrogens with zero attached hydrogens (tertiary/aromatic N) is 1. The Morgan fingerprint density at radius 2 is 1.20 bits per heavy atom. The smallest absolute Gasteiger partial charge is 0.247 e. The van der Waals surface area contributed by atoms with E-state index < -0.39 is 0 Å². The van der Waals surface area contributed by atoms with Crippen molar-refractivity contribution in [2.75, 3.05) is 4.90 Å². The van der Waals surface area contributed by atoms with Gasteiger partial charge in [-0.05, 0) is 153 Å². The Bertz CT molecular complexity index is 2030. The van der Waals surface area contributed by atoms with Crippen molar-refractivity contribution in [1.82, 2.24) is 0 Å². The normalized spacial score (nSPS) is 26.9. The summed E-state index contributed by atoms with van der Waals surface area (Å²) in [4.78, 5) is 2.79. The summed E-state index contributed by atoms with van der Waals surface area (Å²) in [5, 5.41) is 0. The first-order valence-electron chi connectivity index (χ1n) is 19.6. The average Bonchev–Trinajstić information content (AvgIpc) is 3.02. The highest BCUT2D eigenvalue weighted by Gasteiger charge is 2.54. The molecule has 2 heterocycles. The molecule has 0 saturated heterocycles. The molecular weight excluding hydrogens is 589 g/mol. The monoisotopic (exact) mass is 643 g/mol. The highest BCUT2D eigenvalue weighted by molar-refractivity contribution is 6.99. The van der Waals surface area contributed by atoms with Gasteiger partial charge in [-0.15, -0.1) is 0 Å². The molecule has 4 aromatic carbocycles. The summed E-state index contributed by atoms with van der Waals surface area (Å²) >= 11 is 0. The Morgan fingerprint density at radius 1 is 0.592 bits per heavy atom. The van der Waals surface area contributed by atoms with Crippen molar-refractivity contribution < 1.29 is 0 Å². The Hall–Kier alpha value is -3.26. The first-order valence-corrected chi connectivity index (χ1v) is 19.6. The molecule has 0 radical (unpaired) electrons. The SMILES string of the molecule is CC(C)(C)c1ccc2c(c1)B1c3cc4c(cc3N(c3ccc(C(C)(C)C)cc3C35CC6CC(CC(C6)C3)C5)c3cccc(c31)C2(C)C)CC4. The molecule has 49 heavy (non-hydrogen) atoms. The minimum atomic E-state index is -0.0740. The maximum absolute atomic E-state index is 2.79. The summed E-state index contributed by atoms with van der Waals surface area (Å²) in [6, 6.07) is 27.8. The zero-order valence-electron chi connectivity index (χ0n) is 31.3. The fourth-order valence-corrected chi connectivity index (χ4v) is 12.2. The molecule has 1 nitrogen and oxygen atoms in total. The van der Waals surface area contributed by atoms with Gasteiger partial charge in [-0.1, -0.05) is 109 Å². The number of benzene rings is 4. The van der Waals surface area contributed by atoms with Gasteiger partial charge in [0.25, 0.3) is 0 Å². The van der Waals surface area contributed by atoms with Crippen LogP contribution < -0.4 is 21.3 Å². The van der Waals surface area contributed by atoms with Gasteiger partial charge < -0.3 is 4.90 Å². The second-order valence-corrected chi connectivity index (χ2v) is 20.0. The quantitative estimate of drug-likeness (QED) is 0.173. The second-order valence-electron chi connectivity index (χ2n) is 20.0. The molecule has 2 heteroatoms. The van der Waals surface area contributed by atoms with Gasteiger partial charge in [-0.25, -0.2) is 0 Å². The first-order chi connectivity index (χ1) is 23.2. The lowest BCUT2D eigenvalue weighted by atomic mass is 9.29. The third-order valence-electron chi connectivity index (χ3n) is 14.5. The summed E-state index contributed by atoms with van der Waals surface area (Å²) in [7, 11) is 0. The van der Waals surface area contributed by atoms with Crippen LogP contribution in [0.1, 0.15) is 133 Å². The van der Waals surface area contributed by atoms with Crippen LogP contribution in [0.4, 0.5) is 17.1 Å². The Kier molecular flexibility index (Phi) is 6.08. The molecule has 4 saturated carbocycles. The number of anilines is 3. The predicted molar refractivity (Wildman–Crippen MR) is 209 cm³/mol. The summed E-state index contributed by atoms with van der Waals surface area (Å²) in [5.41, 5.74) is 20.1. The van der Waals surface area contributed by atoms with E-state index in [4.69, 9.17) is 0 Å². The lowest BCUT2D eigenvalue weighted by Gasteiger charge is -2.58. The summed E-state index contributed by atoms with van der Waals surface area (Å²) in [6.45, 7) is 19.5. The second kappa shape index (κ2) is 9.74. The van der Waals surface area contributed by atoms with Crippen molar-refractivity contribution in [3.05, 3.63) is 106 Å². The van der Waals surface area contributed by atoms with Crippen LogP contribution in [0.3, 0.4) is 0 Å². The van der Waals surface area contributed by atoms with Crippen molar-refractivity contribution >= 4 is 40.2 Å². The van der Waals surface area contributed by atoms with E-state index in [-0.39, 0.29) is 23.0 Å². The number of rotatable bonds is 2. The standard InChI is InChI=1S/C47H54BN/c1-44(2,3)33-15-17-40(37(23-33)47-25-28-18-29(26-47)20-30(19-28)27-47)49-41-11-9-10-36-43(41)48(39-21-31-12-13-32(31)22-42(39)49)38-24-34(45(4,5)6)14-16-35(38)46(36,7)8/h9-11,14-17,21-24,28-30H,12-13,18-20,25-27H2,1-8H3. The van der Waals surface area contributed by atoms with Crippen LogP contribution >= 0.6 is 0 Å². The number of fused-ring (bicyclic) bond motifs is 5. The van der Waals surface area contributed by atoms with Gasteiger partial charge >= 0.3 is 0 Å². The number of hydrogen-bond acceptors (Lipinski definition) is 1. The largest absolute Gasteiger partial charge is 0.311 e. The van der Waals surface area contributed by atoms with Gasteiger partial charge in [0.1, 0.15) is 0 Å².